The number of hydrogen-bond acceptors (Lipinski definition) is 5. The molecule has 0 fully saturated rings. The molecule has 7 nitrogen and oxygen atoms in total. The van der Waals surface area contributed by atoms with Crippen molar-refractivity contribution >= 4 is 18.0 Å². The standard InChI is InChI=1S/C12H20N2O5/c1-3-5-7-19-12(17)14-9(8-10(13)15)11(16)18-6-4-2/h4,9H,2-3,5-8H2,1H3,(H2,13,15)(H,14,17)/t9-/m1/s1. The average Bonchev–Trinajstić information content (AvgIpc) is 2.35. The number of rotatable bonds is 9. The molecular formula is C12H20N2O5. The average molecular weight is 272 g/mol. The second-order valence-electron chi connectivity index (χ2n) is 3.78. The summed E-state index contributed by atoms with van der Waals surface area (Å²) < 4.78 is 9.56. The fourth-order valence-electron chi connectivity index (χ4n) is 1.13. The first-order valence-electron chi connectivity index (χ1n) is 6.00. The Morgan fingerprint density at radius 1 is 1.37 bits per heavy atom. The number of unbranched alkanes of at least 4 members (excludes halogenated alkanes) is 1. The topological polar surface area (TPSA) is 108 Å². The van der Waals surface area contributed by atoms with Gasteiger partial charge in [0.2, 0.25) is 5.91 Å². The van der Waals surface area contributed by atoms with Gasteiger partial charge < -0.3 is 20.5 Å². The van der Waals surface area contributed by atoms with E-state index < -0.39 is 24.0 Å². The summed E-state index contributed by atoms with van der Waals surface area (Å²) in [6, 6.07) is -1.15. The predicted octanol–water partition coefficient (Wildman–Crippen LogP) is 0.486. The van der Waals surface area contributed by atoms with Crippen LogP contribution in [0.3, 0.4) is 0 Å². The Kier molecular flexibility index (Phi) is 8.86. The highest BCUT2D eigenvalue weighted by atomic mass is 16.6. The monoisotopic (exact) mass is 272 g/mol. The first-order chi connectivity index (χ1) is 9.01. The molecule has 0 aliphatic heterocycles. The molecule has 0 saturated heterocycles. The highest BCUT2D eigenvalue weighted by Gasteiger charge is 2.24. The maximum Gasteiger partial charge on any atom is 0.407 e. The van der Waals surface area contributed by atoms with Gasteiger partial charge in [-0.15, -0.1) is 0 Å². The van der Waals surface area contributed by atoms with Crippen LogP contribution in [-0.4, -0.2) is 37.2 Å². The Hall–Kier alpha value is -2.05. The van der Waals surface area contributed by atoms with E-state index in [1.165, 1.54) is 6.08 Å². The van der Waals surface area contributed by atoms with Gasteiger partial charge in [-0.1, -0.05) is 26.0 Å². The van der Waals surface area contributed by atoms with Crippen molar-refractivity contribution in [2.24, 2.45) is 5.73 Å². The normalized spacial score (nSPS) is 11.2. The molecule has 7 heteroatoms. The zero-order valence-electron chi connectivity index (χ0n) is 11.0. The van der Waals surface area contributed by atoms with Crippen molar-refractivity contribution in [3.63, 3.8) is 0 Å². The summed E-state index contributed by atoms with van der Waals surface area (Å²) in [7, 11) is 0. The van der Waals surface area contributed by atoms with Crippen molar-refractivity contribution in [2.45, 2.75) is 32.2 Å². The van der Waals surface area contributed by atoms with Crippen molar-refractivity contribution < 1.29 is 23.9 Å². The quantitative estimate of drug-likeness (QED) is 0.361. The molecule has 0 rings (SSSR count). The molecule has 0 aromatic heterocycles. The fourth-order valence-corrected chi connectivity index (χ4v) is 1.13. The van der Waals surface area contributed by atoms with Crippen LogP contribution in [0.5, 0.6) is 0 Å². The lowest BCUT2D eigenvalue weighted by Gasteiger charge is -2.15. The van der Waals surface area contributed by atoms with Gasteiger partial charge in [-0.2, -0.15) is 0 Å². The first-order valence-corrected chi connectivity index (χ1v) is 6.00. The summed E-state index contributed by atoms with van der Waals surface area (Å²) in [5, 5.41) is 2.25. The molecule has 0 bridgehead atoms. The SMILES string of the molecule is C=CCOC(=O)[C@@H](CC(N)=O)NC(=O)OCCCC. The van der Waals surface area contributed by atoms with E-state index in [0.29, 0.717) is 0 Å². The molecule has 0 saturated carbocycles. The predicted molar refractivity (Wildman–Crippen MR) is 68.1 cm³/mol. The maximum absolute atomic E-state index is 11.6. The minimum Gasteiger partial charge on any atom is -0.460 e. The third kappa shape index (κ3) is 8.64. The van der Waals surface area contributed by atoms with Gasteiger partial charge in [0, 0.05) is 0 Å². The minimum absolute atomic E-state index is 0.0132. The van der Waals surface area contributed by atoms with Crippen molar-refractivity contribution in [3.8, 4) is 0 Å². The number of hydrogen-bond donors (Lipinski definition) is 2. The number of nitrogens with one attached hydrogen (secondary N) is 1. The summed E-state index contributed by atoms with van der Waals surface area (Å²) in [6.45, 7) is 5.56. The number of alkyl carbamates (subject to hydrolysis) is 1. The summed E-state index contributed by atoms with van der Waals surface area (Å²) in [5.41, 5.74) is 5.00. The van der Waals surface area contributed by atoms with Gasteiger partial charge in [0.1, 0.15) is 12.6 Å². The third-order valence-corrected chi connectivity index (χ3v) is 2.06. The number of carbonyl (C=O) groups is 3. The van der Waals surface area contributed by atoms with Crippen LogP contribution >= 0.6 is 0 Å². The number of primary amides is 1. The van der Waals surface area contributed by atoms with E-state index in [4.69, 9.17) is 15.2 Å². The Morgan fingerprint density at radius 2 is 2.05 bits per heavy atom. The lowest BCUT2D eigenvalue weighted by molar-refractivity contribution is -0.146. The lowest BCUT2D eigenvalue weighted by Crippen LogP contribution is -2.44. The van der Waals surface area contributed by atoms with Gasteiger partial charge >= 0.3 is 12.1 Å². The van der Waals surface area contributed by atoms with Crippen molar-refractivity contribution in [1.29, 1.82) is 0 Å². The van der Waals surface area contributed by atoms with Crippen LogP contribution in [-0.2, 0) is 19.1 Å². The van der Waals surface area contributed by atoms with Crippen molar-refractivity contribution in [1.82, 2.24) is 5.32 Å². The molecule has 19 heavy (non-hydrogen) atoms. The van der Waals surface area contributed by atoms with Crippen molar-refractivity contribution in [3.05, 3.63) is 12.7 Å². The molecule has 0 heterocycles. The van der Waals surface area contributed by atoms with Crippen LogP contribution < -0.4 is 11.1 Å². The number of ether oxygens (including phenoxy) is 2. The summed E-state index contributed by atoms with van der Waals surface area (Å²) >= 11 is 0. The fraction of sp³-hybridized carbons (Fsp3) is 0.583. The Bertz CT molecular complexity index is 330. The van der Waals surface area contributed by atoms with E-state index in [1.54, 1.807) is 0 Å². The molecule has 2 amide bonds. The minimum atomic E-state index is -1.15. The summed E-state index contributed by atoms with van der Waals surface area (Å²) in [5.74, 6) is -1.49. The van der Waals surface area contributed by atoms with E-state index in [-0.39, 0.29) is 19.6 Å². The van der Waals surface area contributed by atoms with Crippen LogP contribution in [0.2, 0.25) is 0 Å². The van der Waals surface area contributed by atoms with E-state index in [2.05, 4.69) is 11.9 Å². The molecule has 0 aliphatic rings. The Balaban J connectivity index is 4.32. The lowest BCUT2D eigenvalue weighted by atomic mass is 10.2. The van der Waals surface area contributed by atoms with Gasteiger partial charge in [0.25, 0.3) is 0 Å². The van der Waals surface area contributed by atoms with Gasteiger partial charge in [-0.05, 0) is 6.42 Å². The number of esters is 1. The largest absolute Gasteiger partial charge is 0.460 e. The molecule has 0 aromatic carbocycles. The highest BCUT2D eigenvalue weighted by Crippen LogP contribution is 1.98. The second-order valence-corrected chi connectivity index (χ2v) is 3.78. The number of nitrogens with two attached hydrogens (primary N) is 1. The Morgan fingerprint density at radius 3 is 2.58 bits per heavy atom. The second kappa shape index (κ2) is 9.93. The van der Waals surface area contributed by atoms with Gasteiger partial charge in [-0.3, -0.25) is 4.79 Å². The van der Waals surface area contributed by atoms with Crippen LogP contribution in [0.25, 0.3) is 0 Å². The highest BCUT2D eigenvalue weighted by molar-refractivity contribution is 5.87. The van der Waals surface area contributed by atoms with Gasteiger partial charge in [0.15, 0.2) is 0 Å². The number of amides is 2. The van der Waals surface area contributed by atoms with Crippen molar-refractivity contribution in [2.75, 3.05) is 13.2 Å². The van der Waals surface area contributed by atoms with E-state index >= 15 is 0 Å². The molecule has 0 aliphatic carbocycles. The van der Waals surface area contributed by atoms with Crippen LogP contribution in [0.1, 0.15) is 26.2 Å². The molecule has 0 unspecified atom stereocenters. The van der Waals surface area contributed by atoms with Crippen LogP contribution in [0, 0.1) is 0 Å². The molecule has 3 N–H and O–H groups in total. The zero-order chi connectivity index (χ0) is 14.7. The molecule has 0 spiro atoms. The molecule has 108 valence electrons. The maximum atomic E-state index is 11.6. The Labute approximate surface area is 112 Å². The van der Waals surface area contributed by atoms with E-state index in [0.717, 1.165) is 12.8 Å². The molecule has 0 aromatic rings. The summed E-state index contributed by atoms with van der Waals surface area (Å²) in [4.78, 5) is 33.8. The number of carbonyl (C=O) groups excluding carboxylic acids is 3. The summed E-state index contributed by atoms with van der Waals surface area (Å²) in [6.07, 6.45) is 1.83. The first kappa shape index (κ1) is 16.9. The molecule has 0 radical (unpaired) electrons. The van der Waals surface area contributed by atoms with Crippen LogP contribution in [0.15, 0.2) is 12.7 Å². The van der Waals surface area contributed by atoms with E-state index in [9.17, 15) is 14.4 Å². The van der Waals surface area contributed by atoms with Gasteiger partial charge in [-0.25, -0.2) is 9.59 Å². The van der Waals surface area contributed by atoms with Gasteiger partial charge in [0.05, 0.1) is 13.0 Å². The third-order valence-electron chi connectivity index (χ3n) is 2.06. The molecule has 1 atom stereocenters. The zero-order valence-corrected chi connectivity index (χ0v) is 11.0. The molecular weight excluding hydrogens is 252 g/mol. The van der Waals surface area contributed by atoms with E-state index in [1.807, 2.05) is 6.92 Å². The van der Waals surface area contributed by atoms with Crippen LogP contribution in [0.4, 0.5) is 4.79 Å². The smallest absolute Gasteiger partial charge is 0.407 e.